The minimum absolute atomic E-state index is 0.240. The van der Waals surface area contributed by atoms with Gasteiger partial charge in [-0.05, 0) is 42.7 Å². The maximum atomic E-state index is 12.5. The molecule has 7 heteroatoms. The normalized spacial score (nSPS) is 16.3. The molecule has 0 bridgehead atoms. The lowest BCUT2D eigenvalue weighted by Crippen LogP contribution is -2.27. The highest BCUT2D eigenvalue weighted by molar-refractivity contribution is 7.89. The van der Waals surface area contributed by atoms with Crippen molar-refractivity contribution in [1.29, 1.82) is 0 Å². The number of amides is 1. The van der Waals surface area contributed by atoms with Crippen LogP contribution in [-0.4, -0.2) is 38.8 Å². The first-order chi connectivity index (χ1) is 12.5. The van der Waals surface area contributed by atoms with Gasteiger partial charge in [0.1, 0.15) is 0 Å². The van der Waals surface area contributed by atoms with E-state index in [1.165, 1.54) is 23.5 Å². The fraction of sp³-hybridized carbons (Fsp3) is 0.316. The molecule has 0 radical (unpaired) electrons. The number of carbonyl (C=O) groups excluding carboxylic acids is 1. The van der Waals surface area contributed by atoms with Gasteiger partial charge in [0.2, 0.25) is 10.0 Å². The third-order valence-corrected chi connectivity index (χ3v) is 6.31. The van der Waals surface area contributed by atoms with Crippen molar-refractivity contribution in [2.24, 2.45) is 0 Å². The molecule has 1 aliphatic heterocycles. The first-order valence-electron chi connectivity index (χ1n) is 8.51. The number of hydrogen-bond donors (Lipinski definition) is 1. The Kier molecular flexibility index (Phi) is 5.70. The molecule has 2 aromatic carbocycles. The van der Waals surface area contributed by atoms with Gasteiger partial charge in [-0.2, -0.15) is 4.31 Å². The van der Waals surface area contributed by atoms with Crippen LogP contribution in [0.1, 0.15) is 24.5 Å². The zero-order valence-electron chi connectivity index (χ0n) is 14.6. The minimum Gasteiger partial charge on any atom is -0.367 e. The Labute approximate surface area is 153 Å². The lowest BCUT2D eigenvalue weighted by atomic mass is 10.1. The van der Waals surface area contributed by atoms with Gasteiger partial charge in [-0.1, -0.05) is 30.3 Å². The van der Waals surface area contributed by atoms with Crippen LogP contribution in [0.15, 0.2) is 59.5 Å². The highest BCUT2D eigenvalue weighted by Gasteiger charge is 2.27. The fourth-order valence-corrected chi connectivity index (χ4v) is 4.53. The Bertz CT molecular complexity index is 845. The van der Waals surface area contributed by atoms with Crippen molar-refractivity contribution in [3.63, 3.8) is 0 Å². The molecule has 0 spiro atoms. The molecule has 3 rings (SSSR count). The van der Waals surface area contributed by atoms with Gasteiger partial charge in [-0.25, -0.2) is 8.42 Å². The Morgan fingerprint density at radius 1 is 1.04 bits per heavy atom. The minimum atomic E-state index is -3.45. The summed E-state index contributed by atoms with van der Waals surface area (Å²) in [4.78, 5) is 12.7. The monoisotopic (exact) mass is 374 g/mol. The van der Waals surface area contributed by atoms with Crippen LogP contribution in [0.2, 0.25) is 0 Å². The van der Waals surface area contributed by atoms with Gasteiger partial charge in [0, 0.05) is 25.9 Å². The van der Waals surface area contributed by atoms with Crippen molar-refractivity contribution in [3.05, 3.63) is 60.2 Å². The molecule has 1 heterocycles. The number of methoxy groups -OCH3 is 1. The van der Waals surface area contributed by atoms with Gasteiger partial charge in [0.25, 0.3) is 5.91 Å². The SMILES string of the molecule is COC(C(=O)Nc1ccc(S(=O)(=O)N2CCCC2)cc1)c1ccccc1. The molecule has 1 atom stereocenters. The number of anilines is 1. The van der Waals surface area contributed by atoms with E-state index in [1.807, 2.05) is 30.3 Å². The van der Waals surface area contributed by atoms with Crippen LogP contribution in [-0.2, 0) is 19.6 Å². The van der Waals surface area contributed by atoms with Crippen LogP contribution < -0.4 is 5.32 Å². The molecule has 1 unspecified atom stereocenters. The summed E-state index contributed by atoms with van der Waals surface area (Å²) in [6, 6.07) is 15.4. The van der Waals surface area contributed by atoms with E-state index < -0.39 is 16.1 Å². The van der Waals surface area contributed by atoms with E-state index >= 15 is 0 Å². The van der Waals surface area contributed by atoms with Crippen LogP contribution in [0.4, 0.5) is 5.69 Å². The number of sulfonamides is 1. The first-order valence-corrected chi connectivity index (χ1v) is 9.95. The largest absolute Gasteiger partial charge is 0.367 e. The number of ether oxygens (including phenoxy) is 1. The average Bonchev–Trinajstić information content (AvgIpc) is 3.19. The van der Waals surface area contributed by atoms with Gasteiger partial charge >= 0.3 is 0 Å². The number of benzene rings is 2. The molecule has 1 fully saturated rings. The van der Waals surface area contributed by atoms with Crippen LogP contribution in [0.5, 0.6) is 0 Å². The maximum Gasteiger partial charge on any atom is 0.258 e. The number of hydrogen-bond acceptors (Lipinski definition) is 4. The molecule has 0 aliphatic carbocycles. The van der Waals surface area contributed by atoms with E-state index in [0.29, 0.717) is 18.8 Å². The Hall–Kier alpha value is -2.22. The molecule has 26 heavy (non-hydrogen) atoms. The van der Waals surface area contributed by atoms with Gasteiger partial charge in [-0.15, -0.1) is 0 Å². The second-order valence-corrected chi connectivity index (χ2v) is 8.09. The summed E-state index contributed by atoms with van der Waals surface area (Å²) in [6.07, 6.45) is 1.06. The smallest absolute Gasteiger partial charge is 0.258 e. The van der Waals surface area contributed by atoms with E-state index in [0.717, 1.165) is 18.4 Å². The number of nitrogens with one attached hydrogen (secondary N) is 1. The van der Waals surface area contributed by atoms with Crippen LogP contribution >= 0.6 is 0 Å². The van der Waals surface area contributed by atoms with E-state index in [-0.39, 0.29) is 10.8 Å². The summed E-state index contributed by atoms with van der Waals surface area (Å²) < 4.78 is 31.9. The van der Waals surface area contributed by atoms with Crippen molar-refractivity contribution in [3.8, 4) is 0 Å². The van der Waals surface area contributed by atoms with E-state index in [4.69, 9.17) is 4.74 Å². The van der Waals surface area contributed by atoms with E-state index in [1.54, 1.807) is 12.1 Å². The topological polar surface area (TPSA) is 75.7 Å². The average molecular weight is 374 g/mol. The van der Waals surface area contributed by atoms with Gasteiger partial charge < -0.3 is 10.1 Å². The second-order valence-electron chi connectivity index (χ2n) is 6.15. The summed E-state index contributed by atoms with van der Waals surface area (Å²) >= 11 is 0. The molecule has 1 N–H and O–H groups in total. The van der Waals surface area contributed by atoms with Crippen molar-refractivity contribution in [2.45, 2.75) is 23.8 Å². The molecule has 138 valence electrons. The van der Waals surface area contributed by atoms with Crippen LogP contribution in [0.3, 0.4) is 0 Å². The fourth-order valence-electron chi connectivity index (χ4n) is 3.02. The van der Waals surface area contributed by atoms with Crippen molar-refractivity contribution >= 4 is 21.6 Å². The molecular weight excluding hydrogens is 352 g/mol. The van der Waals surface area contributed by atoms with Crippen molar-refractivity contribution < 1.29 is 17.9 Å². The molecular formula is C19H22N2O4S. The summed E-state index contributed by atoms with van der Waals surface area (Å²) in [7, 11) is -1.98. The number of carbonyl (C=O) groups is 1. The van der Waals surface area contributed by atoms with E-state index in [9.17, 15) is 13.2 Å². The van der Waals surface area contributed by atoms with Crippen LogP contribution in [0, 0.1) is 0 Å². The van der Waals surface area contributed by atoms with Crippen LogP contribution in [0.25, 0.3) is 0 Å². The Morgan fingerprint density at radius 2 is 1.65 bits per heavy atom. The molecule has 6 nitrogen and oxygen atoms in total. The summed E-state index contributed by atoms with van der Waals surface area (Å²) in [5.74, 6) is -0.311. The van der Waals surface area contributed by atoms with Crippen molar-refractivity contribution in [1.82, 2.24) is 4.31 Å². The standard InChI is InChI=1S/C19H22N2O4S/c1-25-18(15-7-3-2-4-8-15)19(22)20-16-9-11-17(12-10-16)26(23,24)21-13-5-6-14-21/h2-4,7-12,18H,5-6,13-14H2,1H3,(H,20,22). The summed E-state index contributed by atoms with van der Waals surface area (Å²) in [5.41, 5.74) is 1.27. The second kappa shape index (κ2) is 7.99. The summed E-state index contributed by atoms with van der Waals surface area (Å²) in [6.45, 7) is 1.13. The zero-order chi connectivity index (χ0) is 18.6. The third-order valence-electron chi connectivity index (χ3n) is 4.40. The molecule has 0 saturated carbocycles. The highest BCUT2D eigenvalue weighted by Crippen LogP contribution is 2.23. The molecule has 2 aromatic rings. The molecule has 1 aliphatic rings. The molecule has 1 saturated heterocycles. The third kappa shape index (κ3) is 3.95. The lowest BCUT2D eigenvalue weighted by molar-refractivity contribution is -0.126. The molecule has 0 aromatic heterocycles. The van der Waals surface area contributed by atoms with Gasteiger partial charge in [0.05, 0.1) is 4.90 Å². The number of rotatable bonds is 6. The maximum absolute atomic E-state index is 12.5. The Balaban J connectivity index is 1.72. The highest BCUT2D eigenvalue weighted by atomic mass is 32.2. The first kappa shape index (κ1) is 18.6. The quantitative estimate of drug-likeness (QED) is 0.844. The lowest BCUT2D eigenvalue weighted by Gasteiger charge is -2.17. The zero-order valence-corrected chi connectivity index (χ0v) is 15.4. The van der Waals surface area contributed by atoms with Crippen molar-refractivity contribution in [2.75, 3.05) is 25.5 Å². The summed E-state index contributed by atoms with van der Waals surface area (Å²) in [5, 5.41) is 2.77. The van der Waals surface area contributed by atoms with E-state index in [2.05, 4.69) is 5.32 Å². The van der Waals surface area contributed by atoms with Gasteiger partial charge in [0.15, 0.2) is 6.10 Å². The predicted molar refractivity (Wildman–Crippen MR) is 99.3 cm³/mol. The molecule has 1 amide bonds. The Morgan fingerprint density at radius 3 is 2.23 bits per heavy atom. The number of nitrogens with zero attached hydrogens (tertiary/aromatic N) is 1. The van der Waals surface area contributed by atoms with Gasteiger partial charge in [-0.3, -0.25) is 4.79 Å². The predicted octanol–water partition coefficient (Wildman–Crippen LogP) is 2.80.